The quantitative estimate of drug-likeness (QED) is 0.163. The number of anilines is 1. The van der Waals surface area contributed by atoms with Gasteiger partial charge in [-0.1, -0.05) is 30.3 Å². The number of nitrogen functional groups attached to an aromatic ring is 1. The van der Waals surface area contributed by atoms with Crippen molar-refractivity contribution in [3.8, 4) is 16.9 Å². The molecule has 0 aliphatic rings. The number of nitrogens with zero attached hydrogens (tertiary/aromatic N) is 2. The molecule has 0 saturated carbocycles. The van der Waals surface area contributed by atoms with Crippen LogP contribution in [0, 0.1) is 0 Å². The van der Waals surface area contributed by atoms with Crippen molar-refractivity contribution in [1.82, 2.24) is 0 Å². The van der Waals surface area contributed by atoms with E-state index in [0.717, 1.165) is 0 Å². The summed E-state index contributed by atoms with van der Waals surface area (Å²) in [6, 6.07) is 17.9. The summed E-state index contributed by atoms with van der Waals surface area (Å²) in [7, 11) is -8.89. The van der Waals surface area contributed by atoms with Crippen LogP contribution in [0.25, 0.3) is 21.9 Å². The van der Waals surface area contributed by atoms with Gasteiger partial charge in [-0.3, -0.25) is 9.11 Å². The van der Waals surface area contributed by atoms with Crippen LogP contribution in [0.2, 0.25) is 0 Å². The summed E-state index contributed by atoms with van der Waals surface area (Å²) in [6.07, 6.45) is 0. The normalized spacial score (nSPS) is 12.3. The molecular formula is C24H21N3O7S2. The molecule has 0 aliphatic carbocycles. The topological polar surface area (TPSA) is 169 Å². The van der Waals surface area contributed by atoms with E-state index in [9.17, 15) is 25.9 Å². The third-order valence-electron chi connectivity index (χ3n) is 5.29. The number of ether oxygens (including phenoxy) is 1. The van der Waals surface area contributed by atoms with Crippen molar-refractivity contribution in [1.29, 1.82) is 0 Å². The van der Waals surface area contributed by atoms with Gasteiger partial charge >= 0.3 is 0 Å². The van der Waals surface area contributed by atoms with Gasteiger partial charge in [-0.2, -0.15) is 21.9 Å². The number of fused-ring (bicyclic) bond motifs is 1. The van der Waals surface area contributed by atoms with Crippen LogP contribution in [0.3, 0.4) is 0 Å². The maximum atomic E-state index is 11.8. The van der Waals surface area contributed by atoms with Crippen LogP contribution >= 0.6 is 0 Å². The van der Waals surface area contributed by atoms with E-state index >= 15 is 0 Å². The molecule has 0 atom stereocenters. The van der Waals surface area contributed by atoms with Crippen molar-refractivity contribution >= 4 is 48.1 Å². The Bertz CT molecular complexity index is 1720. The molecule has 4 rings (SSSR count). The van der Waals surface area contributed by atoms with Gasteiger partial charge in [0, 0.05) is 10.9 Å². The van der Waals surface area contributed by atoms with E-state index in [0.29, 0.717) is 45.6 Å². The van der Waals surface area contributed by atoms with Gasteiger partial charge in [-0.25, -0.2) is 0 Å². The van der Waals surface area contributed by atoms with Crippen LogP contribution in [-0.4, -0.2) is 32.5 Å². The third-order valence-corrected chi connectivity index (χ3v) is 6.99. The molecule has 0 radical (unpaired) electrons. The summed E-state index contributed by atoms with van der Waals surface area (Å²) >= 11 is 0. The average Bonchev–Trinajstić information content (AvgIpc) is 2.83. The first-order chi connectivity index (χ1) is 17.0. The smallest absolute Gasteiger partial charge is 0.294 e. The minimum Gasteiger partial charge on any atom is -0.492 e. The Morgan fingerprint density at radius 2 is 1.47 bits per heavy atom. The molecule has 4 aromatic rings. The van der Waals surface area contributed by atoms with Gasteiger partial charge < -0.3 is 10.5 Å². The number of hydrogen-bond donors (Lipinski definition) is 3. The Morgan fingerprint density at radius 3 is 2.17 bits per heavy atom. The van der Waals surface area contributed by atoms with Gasteiger partial charge in [0.25, 0.3) is 20.2 Å². The van der Waals surface area contributed by atoms with Crippen molar-refractivity contribution in [2.45, 2.75) is 16.7 Å². The van der Waals surface area contributed by atoms with Gasteiger partial charge in [0.05, 0.1) is 33.5 Å². The highest BCUT2D eigenvalue weighted by molar-refractivity contribution is 7.86. The number of hydrogen-bond acceptors (Lipinski definition) is 8. The van der Waals surface area contributed by atoms with Crippen molar-refractivity contribution in [2.24, 2.45) is 10.2 Å². The predicted octanol–water partition coefficient (Wildman–Crippen LogP) is 5.40. The lowest BCUT2D eigenvalue weighted by atomic mass is 9.95. The molecule has 4 aromatic carbocycles. The summed E-state index contributed by atoms with van der Waals surface area (Å²) < 4.78 is 71.0. The highest BCUT2D eigenvalue weighted by atomic mass is 32.2. The van der Waals surface area contributed by atoms with E-state index in [1.54, 1.807) is 37.3 Å². The second-order valence-corrected chi connectivity index (χ2v) is 10.5. The van der Waals surface area contributed by atoms with E-state index in [2.05, 4.69) is 10.2 Å². The van der Waals surface area contributed by atoms with Gasteiger partial charge in [0.1, 0.15) is 5.75 Å². The Balaban J connectivity index is 1.93. The zero-order valence-corrected chi connectivity index (χ0v) is 20.5. The molecule has 0 unspecified atom stereocenters. The van der Waals surface area contributed by atoms with Gasteiger partial charge in [-0.15, -0.1) is 5.11 Å². The first-order valence-electron chi connectivity index (χ1n) is 10.5. The van der Waals surface area contributed by atoms with Crippen LogP contribution in [0.5, 0.6) is 5.75 Å². The minimum atomic E-state index is -4.48. The summed E-state index contributed by atoms with van der Waals surface area (Å²) in [5.74, 6) is 0.382. The molecule has 0 spiro atoms. The lowest BCUT2D eigenvalue weighted by Gasteiger charge is -2.16. The molecule has 0 aliphatic heterocycles. The lowest BCUT2D eigenvalue weighted by Crippen LogP contribution is -2.01. The van der Waals surface area contributed by atoms with E-state index in [1.165, 1.54) is 42.5 Å². The van der Waals surface area contributed by atoms with Gasteiger partial charge in [0.15, 0.2) is 0 Å². The SMILES string of the molecule is CCOc1cc(-c2ccccc2N=Nc2cccc(S(=O)(=O)O)c2)c2cc(S(=O)(=O)O)ccc2c1N. The first kappa shape index (κ1) is 25.3. The summed E-state index contributed by atoms with van der Waals surface area (Å²) in [6.45, 7) is 2.14. The van der Waals surface area contributed by atoms with Crippen molar-refractivity contribution in [3.05, 3.63) is 72.8 Å². The second-order valence-electron chi connectivity index (χ2n) is 7.64. The number of rotatable bonds is 7. The highest BCUT2D eigenvalue weighted by Gasteiger charge is 2.18. The number of azo groups is 1. The van der Waals surface area contributed by atoms with Crippen LogP contribution in [0.1, 0.15) is 6.92 Å². The Kier molecular flexibility index (Phi) is 6.78. The average molecular weight is 528 g/mol. The third kappa shape index (κ3) is 5.21. The summed E-state index contributed by atoms with van der Waals surface area (Å²) in [5.41, 5.74) is 8.22. The molecule has 36 heavy (non-hydrogen) atoms. The van der Waals surface area contributed by atoms with E-state index in [-0.39, 0.29) is 15.5 Å². The monoisotopic (exact) mass is 527 g/mol. The van der Waals surface area contributed by atoms with Gasteiger partial charge in [-0.05, 0) is 60.3 Å². The first-order valence-corrected chi connectivity index (χ1v) is 13.4. The fourth-order valence-corrected chi connectivity index (χ4v) is 4.69. The molecule has 4 N–H and O–H groups in total. The number of benzene rings is 4. The molecule has 0 bridgehead atoms. The predicted molar refractivity (Wildman–Crippen MR) is 135 cm³/mol. The van der Waals surface area contributed by atoms with Crippen molar-refractivity contribution < 1.29 is 30.7 Å². The minimum absolute atomic E-state index is 0.186. The largest absolute Gasteiger partial charge is 0.492 e. The molecule has 186 valence electrons. The fraction of sp³-hybridized carbons (Fsp3) is 0.0833. The molecule has 12 heteroatoms. The zero-order valence-electron chi connectivity index (χ0n) is 18.9. The summed E-state index contributed by atoms with van der Waals surface area (Å²) in [4.78, 5) is -0.628. The highest BCUT2D eigenvalue weighted by Crippen LogP contribution is 2.43. The zero-order chi connectivity index (χ0) is 26.1. The Labute approximate surface area is 207 Å². The van der Waals surface area contributed by atoms with E-state index in [1.807, 2.05) is 0 Å². The molecule has 0 amide bonds. The summed E-state index contributed by atoms with van der Waals surface area (Å²) in [5, 5.41) is 9.31. The molecule has 0 aromatic heterocycles. The molecule has 10 nitrogen and oxygen atoms in total. The maximum absolute atomic E-state index is 11.8. The molecule has 0 heterocycles. The van der Waals surface area contributed by atoms with E-state index < -0.39 is 20.2 Å². The van der Waals surface area contributed by atoms with Crippen LogP contribution in [-0.2, 0) is 20.2 Å². The van der Waals surface area contributed by atoms with Crippen LogP contribution in [0.4, 0.5) is 17.1 Å². The van der Waals surface area contributed by atoms with Gasteiger partial charge in [0.2, 0.25) is 0 Å². The fourth-order valence-electron chi connectivity index (χ4n) is 3.66. The maximum Gasteiger partial charge on any atom is 0.294 e. The van der Waals surface area contributed by atoms with E-state index in [4.69, 9.17) is 10.5 Å². The Morgan fingerprint density at radius 1 is 0.778 bits per heavy atom. The van der Waals surface area contributed by atoms with Crippen LogP contribution in [0.15, 0.2) is 92.8 Å². The molecule has 0 saturated heterocycles. The second kappa shape index (κ2) is 9.66. The van der Waals surface area contributed by atoms with Crippen molar-refractivity contribution in [2.75, 3.05) is 12.3 Å². The Hall–Kier alpha value is -3.84. The molecular weight excluding hydrogens is 506 g/mol. The van der Waals surface area contributed by atoms with Crippen molar-refractivity contribution in [3.63, 3.8) is 0 Å². The lowest BCUT2D eigenvalue weighted by molar-refractivity contribution is 0.342. The number of nitrogens with two attached hydrogens (primary N) is 1. The standard InChI is InChI=1S/C24H21N3O7S2/c1-2-34-23-14-21(20-13-17(36(31,32)33)10-11-19(20)24(23)25)18-8-3-4-9-22(18)27-26-15-6-5-7-16(12-15)35(28,29)30/h3-14H,2,25H2,1H3,(H,28,29,30)(H,31,32,33). The molecule has 0 fully saturated rings. The van der Waals surface area contributed by atoms with Crippen LogP contribution < -0.4 is 10.5 Å².